The number of rotatable bonds is 6. The highest BCUT2D eigenvalue weighted by Gasteiger charge is 2.10. The number of allylic oxidation sites excluding steroid dienone is 2. The molecule has 0 unspecified atom stereocenters. The van der Waals surface area contributed by atoms with E-state index in [1.54, 1.807) is 6.92 Å². The van der Waals surface area contributed by atoms with Gasteiger partial charge in [-0.25, -0.2) is 9.59 Å². The summed E-state index contributed by atoms with van der Waals surface area (Å²) in [5.41, 5.74) is 1.96. The SMILES string of the molecule is CCCC=CCc1ccccc1.Cc1ccc(C(=O)O)cc1C(=O)O. The first-order valence-corrected chi connectivity index (χ1v) is 8.21. The van der Waals surface area contributed by atoms with Crippen molar-refractivity contribution in [3.63, 3.8) is 0 Å². The Hall–Kier alpha value is -2.88. The Balaban J connectivity index is 0.000000251. The van der Waals surface area contributed by atoms with E-state index in [0.29, 0.717) is 5.56 Å². The summed E-state index contributed by atoms with van der Waals surface area (Å²) in [5, 5.41) is 17.3. The van der Waals surface area contributed by atoms with Gasteiger partial charge in [0, 0.05) is 0 Å². The molecule has 0 aliphatic heterocycles. The second-order valence-electron chi connectivity index (χ2n) is 5.59. The third-order valence-electron chi connectivity index (χ3n) is 3.53. The van der Waals surface area contributed by atoms with E-state index in [2.05, 4.69) is 49.4 Å². The fraction of sp³-hybridized carbons (Fsp3) is 0.238. The zero-order valence-electron chi connectivity index (χ0n) is 14.6. The van der Waals surface area contributed by atoms with Crippen molar-refractivity contribution in [1.29, 1.82) is 0 Å². The largest absolute Gasteiger partial charge is 0.478 e. The molecule has 0 spiro atoms. The zero-order valence-corrected chi connectivity index (χ0v) is 14.6. The molecule has 0 saturated heterocycles. The number of carboxylic acid groups (broad SMARTS) is 2. The molecular weight excluding hydrogens is 316 g/mol. The van der Waals surface area contributed by atoms with E-state index in [9.17, 15) is 9.59 Å². The highest BCUT2D eigenvalue weighted by Crippen LogP contribution is 2.11. The van der Waals surface area contributed by atoms with Crippen LogP contribution in [0.4, 0.5) is 0 Å². The predicted octanol–water partition coefficient (Wildman–Crippen LogP) is 4.98. The van der Waals surface area contributed by atoms with Crippen molar-refractivity contribution in [2.45, 2.75) is 33.1 Å². The summed E-state index contributed by atoms with van der Waals surface area (Å²) < 4.78 is 0. The zero-order chi connectivity index (χ0) is 18.7. The number of aryl methyl sites for hydroxylation is 1. The molecule has 0 aromatic heterocycles. The number of unbranched alkanes of at least 4 members (excludes halogenated alkanes) is 1. The van der Waals surface area contributed by atoms with Gasteiger partial charge in [-0.05, 0) is 43.0 Å². The van der Waals surface area contributed by atoms with Crippen LogP contribution in [-0.2, 0) is 6.42 Å². The Bertz CT molecular complexity index is 718. The number of carboxylic acids is 2. The van der Waals surface area contributed by atoms with Crippen LogP contribution in [0.15, 0.2) is 60.7 Å². The normalized spacial score (nSPS) is 10.2. The first-order chi connectivity index (χ1) is 12.0. The molecular formula is C21H24O4. The van der Waals surface area contributed by atoms with Crippen molar-refractivity contribution < 1.29 is 19.8 Å². The molecule has 0 heterocycles. The van der Waals surface area contributed by atoms with Gasteiger partial charge in [0.2, 0.25) is 0 Å². The highest BCUT2D eigenvalue weighted by molar-refractivity contribution is 5.94. The molecule has 0 aliphatic carbocycles. The third kappa shape index (κ3) is 7.48. The maximum Gasteiger partial charge on any atom is 0.335 e. The second kappa shape index (κ2) is 10.8. The van der Waals surface area contributed by atoms with Gasteiger partial charge in [0.05, 0.1) is 11.1 Å². The van der Waals surface area contributed by atoms with Gasteiger partial charge in [-0.2, -0.15) is 0 Å². The summed E-state index contributed by atoms with van der Waals surface area (Å²) in [7, 11) is 0. The van der Waals surface area contributed by atoms with Crippen LogP contribution in [0.2, 0.25) is 0 Å². The fourth-order valence-corrected chi connectivity index (χ4v) is 2.10. The van der Waals surface area contributed by atoms with Gasteiger partial charge < -0.3 is 10.2 Å². The van der Waals surface area contributed by atoms with Gasteiger partial charge in [0.1, 0.15) is 0 Å². The van der Waals surface area contributed by atoms with Gasteiger partial charge >= 0.3 is 11.9 Å². The van der Waals surface area contributed by atoms with E-state index in [0.717, 1.165) is 12.5 Å². The van der Waals surface area contributed by atoms with Crippen LogP contribution in [0.1, 0.15) is 51.6 Å². The van der Waals surface area contributed by atoms with E-state index >= 15 is 0 Å². The molecule has 132 valence electrons. The molecule has 25 heavy (non-hydrogen) atoms. The molecule has 2 aromatic rings. The predicted molar refractivity (Wildman–Crippen MR) is 99.3 cm³/mol. The number of carbonyl (C=O) groups is 2. The van der Waals surface area contributed by atoms with Crippen LogP contribution in [-0.4, -0.2) is 22.2 Å². The molecule has 2 aromatic carbocycles. The lowest BCUT2D eigenvalue weighted by Crippen LogP contribution is -2.03. The molecule has 0 saturated carbocycles. The van der Waals surface area contributed by atoms with Crippen LogP contribution in [0.5, 0.6) is 0 Å². The van der Waals surface area contributed by atoms with Gasteiger partial charge in [-0.1, -0.05) is 61.9 Å². The van der Waals surface area contributed by atoms with Crippen LogP contribution >= 0.6 is 0 Å². The molecule has 2 N–H and O–H groups in total. The Morgan fingerprint density at radius 2 is 1.64 bits per heavy atom. The number of aromatic carboxylic acids is 2. The molecule has 4 nitrogen and oxygen atoms in total. The smallest absolute Gasteiger partial charge is 0.335 e. The number of benzene rings is 2. The van der Waals surface area contributed by atoms with E-state index in [1.807, 2.05) is 0 Å². The van der Waals surface area contributed by atoms with Crippen LogP contribution in [0, 0.1) is 6.92 Å². The van der Waals surface area contributed by atoms with Gasteiger partial charge in [-0.15, -0.1) is 0 Å². The third-order valence-corrected chi connectivity index (χ3v) is 3.53. The molecule has 0 radical (unpaired) electrons. The van der Waals surface area contributed by atoms with E-state index in [-0.39, 0.29) is 11.1 Å². The van der Waals surface area contributed by atoms with E-state index in [4.69, 9.17) is 10.2 Å². The topological polar surface area (TPSA) is 74.6 Å². The highest BCUT2D eigenvalue weighted by atomic mass is 16.4. The number of hydrogen-bond acceptors (Lipinski definition) is 2. The molecule has 4 heteroatoms. The van der Waals surface area contributed by atoms with Crippen molar-refractivity contribution in [3.8, 4) is 0 Å². The lowest BCUT2D eigenvalue weighted by atomic mass is 10.1. The van der Waals surface area contributed by atoms with E-state index in [1.165, 1.54) is 30.5 Å². The van der Waals surface area contributed by atoms with Crippen LogP contribution in [0.25, 0.3) is 0 Å². The summed E-state index contributed by atoms with van der Waals surface area (Å²) in [6.45, 7) is 3.82. The summed E-state index contributed by atoms with van der Waals surface area (Å²) >= 11 is 0. The van der Waals surface area contributed by atoms with Gasteiger partial charge in [0.15, 0.2) is 0 Å². The summed E-state index contributed by atoms with van der Waals surface area (Å²) in [4.78, 5) is 21.1. The summed E-state index contributed by atoms with van der Waals surface area (Å²) in [6.07, 6.45) is 8.02. The number of hydrogen-bond donors (Lipinski definition) is 2. The van der Waals surface area contributed by atoms with Crippen molar-refractivity contribution in [2.24, 2.45) is 0 Å². The lowest BCUT2D eigenvalue weighted by molar-refractivity contribution is 0.0695. The van der Waals surface area contributed by atoms with Crippen molar-refractivity contribution >= 4 is 11.9 Å². The van der Waals surface area contributed by atoms with Crippen molar-refractivity contribution in [3.05, 3.63) is 82.9 Å². The van der Waals surface area contributed by atoms with Crippen LogP contribution in [0.3, 0.4) is 0 Å². The molecule has 0 amide bonds. The second-order valence-corrected chi connectivity index (χ2v) is 5.59. The minimum atomic E-state index is -1.12. The van der Waals surface area contributed by atoms with Crippen molar-refractivity contribution in [2.75, 3.05) is 0 Å². The van der Waals surface area contributed by atoms with Gasteiger partial charge in [0.25, 0.3) is 0 Å². The monoisotopic (exact) mass is 340 g/mol. The average molecular weight is 340 g/mol. The quantitative estimate of drug-likeness (QED) is 0.728. The Morgan fingerprint density at radius 1 is 0.960 bits per heavy atom. The standard InChI is InChI=1S/C12H16.C9H8O4/c1-2-3-4-6-9-12-10-7-5-8-11-12;1-5-2-3-6(8(10)11)4-7(5)9(12)13/h4-8,10-11H,2-3,9H2,1H3;2-4H,1H3,(H,10,11)(H,12,13). The minimum absolute atomic E-state index is 0.0111. The average Bonchev–Trinajstić information content (AvgIpc) is 2.60. The van der Waals surface area contributed by atoms with E-state index < -0.39 is 11.9 Å². The minimum Gasteiger partial charge on any atom is -0.478 e. The maximum atomic E-state index is 10.6. The molecule has 0 fully saturated rings. The lowest BCUT2D eigenvalue weighted by Gasteiger charge is -2.01. The Labute approximate surface area is 148 Å². The molecule has 0 atom stereocenters. The summed E-state index contributed by atoms with van der Waals surface area (Å²) in [6, 6.07) is 14.6. The molecule has 2 rings (SSSR count). The first kappa shape index (κ1) is 20.2. The molecule has 0 aliphatic rings. The first-order valence-electron chi connectivity index (χ1n) is 8.21. The fourth-order valence-electron chi connectivity index (χ4n) is 2.10. The van der Waals surface area contributed by atoms with Crippen molar-refractivity contribution in [1.82, 2.24) is 0 Å². The Morgan fingerprint density at radius 3 is 2.20 bits per heavy atom. The summed E-state index contributed by atoms with van der Waals surface area (Å²) in [5.74, 6) is -2.23. The molecule has 0 bridgehead atoms. The maximum absolute atomic E-state index is 10.6. The van der Waals surface area contributed by atoms with Gasteiger partial charge in [-0.3, -0.25) is 0 Å². The van der Waals surface area contributed by atoms with Crippen LogP contribution < -0.4 is 0 Å². The Kier molecular flexibility index (Phi) is 8.72.